The first-order valence-electron chi connectivity index (χ1n) is 7.98. The second-order valence-corrected chi connectivity index (χ2v) is 6.18. The standard InChI is InChI=1S/C18H15ClF3NO4/c19-12-2-4-14(27-10-18(20,21)22)13(9-12)23-17(24)8-11-1-3-15-16(7-11)26-6-5-25-15/h1-4,7,9H,5-6,8,10H2,(H,23,24). The fourth-order valence-corrected chi connectivity index (χ4v) is 2.63. The largest absolute Gasteiger partial charge is 0.486 e. The molecule has 0 aliphatic carbocycles. The monoisotopic (exact) mass is 401 g/mol. The molecule has 3 rings (SSSR count). The minimum Gasteiger partial charge on any atom is -0.486 e. The minimum atomic E-state index is -4.49. The second kappa shape index (κ2) is 7.96. The lowest BCUT2D eigenvalue weighted by molar-refractivity contribution is -0.153. The van der Waals surface area contributed by atoms with E-state index in [4.69, 9.17) is 25.8 Å². The average Bonchev–Trinajstić information content (AvgIpc) is 2.60. The predicted molar refractivity (Wildman–Crippen MR) is 92.8 cm³/mol. The maximum atomic E-state index is 12.4. The Morgan fingerprint density at radius 3 is 2.59 bits per heavy atom. The summed E-state index contributed by atoms with van der Waals surface area (Å²) in [5.74, 6) is 0.588. The van der Waals surface area contributed by atoms with E-state index in [1.165, 1.54) is 18.2 Å². The molecule has 0 spiro atoms. The number of hydrogen-bond donors (Lipinski definition) is 1. The molecule has 1 heterocycles. The van der Waals surface area contributed by atoms with E-state index in [1.807, 2.05) is 0 Å². The van der Waals surface area contributed by atoms with E-state index in [9.17, 15) is 18.0 Å². The lowest BCUT2D eigenvalue weighted by Crippen LogP contribution is -2.21. The number of carbonyl (C=O) groups is 1. The minimum absolute atomic E-state index is 0.0120. The molecule has 0 saturated heterocycles. The first kappa shape index (κ1) is 19.2. The highest BCUT2D eigenvalue weighted by atomic mass is 35.5. The average molecular weight is 402 g/mol. The zero-order valence-corrected chi connectivity index (χ0v) is 14.7. The van der Waals surface area contributed by atoms with Gasteiger partial charge < -0.3 is 19.5 Å². The summed E-state index contributed by atoms with van der Waals surface area (Å²) in [4.78, 5) is 12.3. The summed E-state index contributed by atoms with van der Waals surface area (Å²) < 4.78 is 52.8. The van der Waals surface area contributed by atoms with Gasteiger partial charge in [0.1, 0.15) is 19.0 Å². The van der Waals surface area contributed by atoms with Gasteiger partial charge in [-0.3, -0.25) is 4.79 Å². The fraction of sp³-hybridized carbons (Fsp3) is 0.278. The van der Waals surface area contributed by atoms with Crippen LogP contribution in [0, 0.1) is 0 Å². The van der Waals surface area contributed by atoms with E-state index < -0.39 is 18.7 Å². The van der Waals surface area contributed by atoms with Gasteiger partial charge in [-0.15, -0.1) is 0 Å². The quantitative estimate of drug-likeness (QED) is 0.814. The molecule has 1 amide bonds. The van der Waals surface area contributed by atoms with E-state index in [1.54, 1.807) is 18.2 Å². The van der Waals surface area contributed by atoms with E-state index in [0.29, 0.717) is 30.3 Å². The number of hydrogen-bond acceptors (Lipinski definition) is 4. The molecule has 0 atom stereocenters. The number of ether oxygens (including phenoxy) is 3. The summed E-state index contributed by atoms with van der Waals surface area (Å²) in [6.45, 7) is -0.590. The van der Waals surface area contributed by atoms with Gasteiger partial charge >= 0.3 is 6.18 Å². The van der Waals surface area contributed by atoms with Crippen molar-refractivity contribution >= 4 is 23.2 Å². The lowest BCUT2D eigenvalue weighted by atomic mass is 10.1. The number of rotatable bonds is 5. The van der Waals surface area contributed by atoms with Gasteiger partial charge in [0, 0.05) is 5.02 Å². The van der Waals surface area contributed by atoms with Gasteiger partial charge in [-0.1, -0.05) is 17.7 Å². The number of carbonyl (C=O) groups excluding carboxylic acids is 1. The molecule has 144 valence electrons. The molecular formula is C18H15ClF3NO4. The van der Waals surface area contributed by atoms with Gasteiger partial charge in [0.2, 0.25) is 5.91 Å². The molecule has 1 N–H and O–H groups in total. The molecule has 1 aliphatic heterocycles. The van der Waals surface area contributed by atoms with Crippen molar-refractivity contribution in [3.63, 3.8) is 0 Å². The summed E-state index contributed by atoms with van der Waals surface area (Å²) in [6.07, 6.45) is -4.51. The van der Waals surface area contributed by atoms with Gasteiger partial charge in [0.25, 0.3) is 0 Å². The van der Waals surface area contributed by atoms with Crippen LogP contribution >= 0.6 is 11.6 Å². The van der Waals surface area contributed by atoms with Crippen LogP contribution in [-0.4, -0.2) is 31.9 Å². The van der Waals surface area contributed by atoms with Crippen LogP contribution in [0.1, 0.15) is 5.56 Å². The Bertz CT molecular complexity index is 842. The van der Waals surface area contributed by atoms with Crippen molar-refractivity contribution in [2.45, 2.75) is 12.6 Å². The lowest BCUT2D eigenvalue weighted by Gasteiger charge is -2.19. The Morgan fingerprint density at radius 1 is 1.11 bits per heavy atom. The summed E-state index contributed by atoms with van der Waals surface area (Å²) in [7, 11) is 0. The van der Waals surface area contributed by atoms with Gasteiger partial charge in [0.15, 0.2) is 18.1 Å². The molecule has 0 radical (unpaired) electrons. The molecule has 2 aromatic carbocycles. The molecule has 0 unspecified atom stereocenters. The Kier molecular flexibility index (Phi) is 5.65. The highest BCUT2D eigenvalue weighted by Crippen LogP contribution is 2.32. The number of fused-ring (bicyclic) bond motifs is 1. The third-order valence-corrected chi connectivity index (χ3v) is 3.81. The molecule has 1 aliphatic rings. The van der Waals surface area contributed by atoms with Crippen LogP contribution in [0.4, 0.5) is 18.9 Å². The van der Waals surface area contributed by atoms with Crippen LogP contribution in [0.5, 0.6) is 17.2 Å². The maximum Gasteiger partial charge on any atom is 0.422 e. The normalized spacial score (nSPS) is 13.2. The molecular weight excluding hydrogens is 387 g/mol. The molecule has 0 aromatic heterocycles. The molecule has 27 heavy (non-hydrogen) atoms. The van der Waals surface area contributed by atoms with Crippen molar-refractivity contribution in [2.75, 3.05) is 25.1 Å². The van der Waals surface area contributed by atoms with E-state index in [0.717, 1.165) is 0 Å². The van der Waals surface area contributed by atoms with E-state index in [2.05, 4.69) is 5.32 Å². The Hall–Kier alpha value is -2.61. The zero-order valence-electron chi connectivity index (χ0n) is 13.9. The topological polar surface area (TPSA) is 56.8 Å². The number of halogens is 4. The van der Waals surface area contributed by atoms with Gasteiger partial charge in [-0.25, -0.2) is 0 Å². The van der Waals surface area contributed by atoms with Crippen molar-refractivity contribution in [3.05, 3.63) is 47.0 Å². The van der Waals surface area contributed by atoms with Gasteiger partial charge in [-0.05, 0) is 35.9 Å². The van der Waals surface area contributed by atoms with Crippen molar-refractivity contribution in [1.82, 2.24) is 0 Å². The third kappa shape index (κ3) is 5.43. The van der Waals surface area contributed by atoms with Crippen LogP contribution in [0.2, 0.25) is 5.02 Å². The van der Waals surface area contributed by atoms with Crippen LogP contribution in [0.3, 0.4) is 0 Å². The summed E-state index contributed by atoms with van der Waals surface area (Å²) in [5.41, 5.74) is 0.728. The number of nitrogens with one attached hydrogen (secondary N) is 1. The van der Waals surface area contributed by atoms with E-state index >= 15 is 0 Å². The molecule has 9 heteroatoms. The Balaban J connectivity index is 1.69. The highest BCUT2D eigenvalue weighted by molar-refractivity contribution is 6.31. The first-order valence-corrected chi connectivity index (χ1v) is 8.35. The SMILES string of the molecule is O=C(Cc1ccc2c(c1)OCCO2)Nc1cc(Cl)ccc1OCC(F)(F)F. The van der Waals surface area contributed by atoms with Gasteiger partial charge in [-0.2, -0.15) is 13.2 Å². The van der Waals surface area contributed by atoms with Crippen LogP contribution in [0.25, 0.3) is 0 Å². The number of anilines is 1. The van der Waals surface area contributed by atoms with Crippen molar-refractivity contribution in [1.29, 1.82) is 0 Å². The predicted octanol–water partition coefficient (Wildman–Crippen LogP) is 4.23. The summed E-state index contributed by atoms with van der Waals surface area (Å²) in [5, 5.41) is 2.78. The van der Waals surface area contributed by atoms with Crippen LogP contribution in [0.15, 0.2) is 36.4 Å². The zero-order chi connectivity index (χ0) is 19.4. The highest BCUT2D eigenvalue weighted by Gasteiger charge is 2.29. The first-order chi connectivity index (χ1) is 12.8. The molecule has 0 fully saturated rings. The number of amides is 1. The molecule has 0 bridgehead atoms. The fourth-order valence-electron chi connectivity index (χ4n) is 2.46. The number of alkyl halides is 3. The van der Waals surface area contributed by atoms with Crippen molar-refractivity contribution in [2.24, 2.45) is 0 Å². The molecule has 2 aromatic rings. The maximum absolute atomic E-state index is 12.4. The van der Waals surface area contributed by atoms with E-state index in [-0.39, 0.29) is 22.9 Å². The molecule has 5 nitrogen and oxygen atoms in total. The Morgan fingerprint density at radius 2 is 1.85 bits per heavy atom. The summed E-state index contributed by atoms with van der Waals surface area (Å²) >= 11 is 5.87. The third-order valence-electron chi connectivity index (χ3n) is 3.58. The van der Waals surface area contributed by atoms with Gasteiger partial charge in [0.05, 0.1) is 12.1 Å². The number of benzene rings is 2. The smallest absolute Gasteiger partial charge is 0.422 e. The van der Waals surface area contributed by atoms with Crippen molar-refractivity contribution < 1.29 is 32.2 Å². The molecule has 0 saturated carbocycles. The van der Waals surface area contributed by atoms with Crippen LogP contribution < -0.4 is 19.5 Å². The van der Waals surface area contributed by atoms with Crippen LogP contribution in [-0.2, 0) is 11.2 Å². The van der Waals surface area contributed by atoms with Crippen molar-refractivity contribution in [3.8, 4) is 17.2 Å². The Labute approximate surface area is 158 Å². The second-order valence-electron chi connectivity index (χ2n) is 5.75. The summed E-state index contributed by atoms with van der Waals surface area (Å²) in [6, 6.07) is 9.08.